The highest BCUT2D eigenvalue weighted by molar-refractivity contribution is 7.92. The molecule has 3 rings (SSSR count). The molecular formula is C23H28Cl2N2O3S. The van der Waals surface area contributed by atoms with Crippen molar-refractivity contribution in [1.82, 2.24) is 5.32 Å². The SMILES string of the molecule is C[C@@H](NC(=O)CCCN(c1cc(Cl)ccc1Cl)S(C)(=O)=O)c1ccc2c(c1)CCCC2. The third kappa shape index (κ3) is 6.37. The number of hydrogen-bond donors (Lipinski definition) is 1. The molecule has 1 aliphatic carbocycles. The molecule has 0 radical (unpaired) electrons. The van der Waals surface area contributed by atoms with Gasteiger partial charge in [-0.15, -0.1) is 0 Å². The van der Waals surface area contributed by atoms with Gasteiger partial charge in [-0.05, 0) is 73.9 Å². The van der Waals surface area contributed by atoms with Crippen LogP contribution in [-0.2, 0) is 27.7 Å². The van der Waals surface area contributed by atoms with E-state index in [4.69, 9.17) is 23.2 Å². The van der Waals surface area contributed by atoms with Gasteiger partial charge in [0.05, 0.1) is 23.0 Å². The number of anilines is 1. The van der Waals surface area contributed by atoms with Gasteiger partial charge >= 0.3 is 0 Å². The number of halogens is 2. The molecule has 0 bridgehead atoms. The second kappa shape index (κ2) is 10.2. The maximum atomic E-state index is 12.5. The molecule has 2 aromatic carbocycles. The van der Waals surface area contributed by atoms with Crippen LogP contribution in [0.25, 0.3) is 0 Å². The fourth-order valence-corrected chi connectivity index (χ4v) is 5.35. The van der Waals surface area contributed by atoms with Gasteiger partial charge in [-0.1, -0.05) is 41.4 Å². The minimum atomic E-state index is -3.57. The maximum absolute atomic E-state index is 12.5. The van der Waals surface area contributed by atoms with Crippen LogP contribution in [0.5, 0.6) is 0 Å². The topological polar surface area (TPSA) is 66.5 Å². The van der Waals surface area contributed by atoms with Gasteiger partial charge in [-0.3, -0.25) is 9.10 Å². The van der Waals surface area contributed by atoms with E-state index in [0.29, 0.717) is 22.2 Å². The van der Waals surface area contributed by atoms with E-state index in [-0.39, 0.29) is 24.9 Å². The Morgan fingerprint density at radius 3 is 2.52 bits per heavy atom. The Labute approximate surface area is 194 Å². The molecule has 8 heteroatoms. The molecular weight excluding hydrogens is 455 g/mol. The van der Waals surface area contributed by atoms with Crippen molar-refractivity contribution in [3.8, 4) is 0 Å². The van der Waals surface area contributed by atoms with Gasteiger partial charge < -0.3 is 5.32 Å². The lowest BCUT2D eigenvalue weighted by Gasteiger charge is -2.24. The summed E-state index contributed by atoms with van der Waals surface area (Å²) in [5.41, 5.74) is 4.21. The monoisotopic (exact) mass is 482 g/mol. The van der Waals surface area contributed by atoms with Crippen LogP contribution in [0.2, 0.25) is 10.0 Å². The normalized spacial score (nSPS) is 14.6. The van der Waals surface area contributed by atoms with Crippen molar-refractivity contribution in [3.63, 3.8) is 0 Å². The average molecular weight is 483 g/mol. The summed E-state index contributed by atoms with van der Waals surface area (Å²) in [6.45, 7) is 2.11. The Morgan fingerprint density at radius 2 is 1.81 bits per heavy atom. The van der Waals surface area contributed by atoms with Crippen LogP contribution < -0.4 is 9.62 Å². The van der Waals surface area contributed by atoms with Gasteiger partial charge in [-0.2, -0.15) is 0 Å². The van der Waals surface area contributed by atoms with E-state index in [0.717, 1.165) is 24.7 Å². The zero-order chi connectivity index (χ0) is 22.6. The minimum absolute atomic E-state index is 0.104. The van der Waals surface area contributed by atoms with Crippen molar-refractivity contribution in [2.45, 2.75) is 51.5 Å². The van der Waals surface area contributed by atoms with Crippen molar-refractivity contribution in [3.05, 3.63) is 63.1 Å². The summed E-state index contributed by atoms with van der Waals surface area (Å²) >= 11 is 12.2. The van der Waals surface area contributed by atoms with Crippen molar-refractivity contribution < 1.29 is 13.2 Å². The highest BCUT2D eigenvalue weighted by Crippen LogP contribution is 2.31. The Balaban J connectivity index is 1.58. The standard InChI is InChI=1S/C23H28Cl2N2O3S/c1-16(18-10-9-17-6-3-4-7-19(17)14-18)26-23(28)8-5-13-27(31(2,29)30)22-15-20(24)11-12-21(22)25/h9-12,14-16H,3-8,13H2,1-2H3,(H,26,28)/t16-/m1/s1. The second-order valence-corrected chi connectivity index (χ2v) is 10.8. The Bertz CT molecular complexity index is 1060. The summed E-state index contributed by atoms with van der Waals surface area (Å²) in [7, 11) is -3.57. The predicted molar refractivity (Wildman–Crippen MR) is 128 cm³/mol. The smallest absolute Gasteiger partial charge is 0.232 e. The zero-order valence-corrected chi connectivity index (χ0v) is 20.2. The van der Waals surface area contributed by atoms with Crippen molar-refractivity contribution in [1.29, 1.82) is 0 Å². The molecule has 0 unspecified atom stereocenters. The third-order valence-electron chi connectivity index (χ3n) is 5.59. The lowest BCUT2D eigenvalue weighted by molar-refractivity contribution is -0.121. The predicted octanol–water partition coefficient (Wildman–Crippen LogP) is 5.30. The molecule has 0 spiro atoms. The van der Waals surface area contributed by atoms with Crippen LogP contribution in [0.1, 0.15) is 55.3 Å². The molecule has 0 aliphatic heterocycles. The van der Waals surface area contributed by atoms with Gasteiger partial charge in [0.25, 0.3) is 0 Å². The number of amides is 1. The molecule has 168 valence electrons. The molecule has 1 amide bonds. The molecule has 5 nitrogen and oxygen atoms in total. The fraction of sp³-hybridized carbons (Fsp3) is 0.435. The quantitative estimate of drug-likeness (QED) is 0.555. The summed E-state index contributed by atoms with van der Waals surface area (Å²) in [4.78, 5) is 12.5. The first-order valence-electron chi connectivity index (χ1n) is 10.5. The Hall–Kier alpha value is -1.76. The van der Waals surface area contributed by atoms with E-state index in [9.17, 15) is 13.2 Å². The number of rotatable bonds is 8. The number of carbonyl (C=O) groups is 1. The molecule has 1 N–H and O–H groups in total. The highest BCUT2D eigenvalue weighted by Gasteiger charge is 2.21. The number of benzene rings is 2. The molecule has 0 heterocycles. The average Bonchev–Trinajstić information content (AvgIpc) is 2.72. The van der Waals surface area contributed by atoms with Crippen LogP contribution in [-0.4, -0.2) is 27.1 Å². The number of carbonyl (C=O) groups excluding carboxylic acids is 1. The molecule has 0 aromatic heterocycles. The molecule has 31 heavy (non-hydrogen) atoms. The first kappa shape index (κ1) is 23.9. The van der Waals surface area contributed by atoms with Crippen molar-refractivity contribution in [2.75, 3.05) is 17.1 Å². The summed E-state index contributed by atoms with van der Waals surface area (Å²) < 4.78 is 25.7. The van der Waals surface area contributed by atoms with Gasteiger partial charge in [0.2, 0.25) is 15.9 Å². The van der Waals surface area contributed by atoms with Gasteiger partial charge in [0.15, 0.2) is 0 Å². The fourth-order valence-electron chi connectivity index (χ4n) is 3.94. The molecule has 1 atom stereocenters. The van der Waals surface area contributed by atoms with Crippen LogP contribution in [0.4, 0.5) is 5.69 Å². The van der Waals surface area contributed by atoms with E-state index in [1.807, 2.05) is 6.92 Å². The first-order chi connectivity index (χ1) is 14.6. The van der Waals surface area contributed by atoms with E-state index < -0.39 is 10.0 Å². The largest absolute Gasteiger partial charge is 0.350 e. The van der Waals surface area contributed by atoms with E-state index in [1.165, 1.54) is 34.3 Å². The number of sulfonamides is 1. The molecule has 0 fully saturated rings. The van der Waals surface area contributed by atoms with E-state index in [1.54, 1.807) is 12.1 Å². The minimum Gasteiger partial charge on any atom is -0.350 e. The Morgan fingerprint density at radius 1 is 1.10 bits per heavy atom. The van der Waals surface area contributed by atoms with Gasteiger partial charge in [-0.25, -0.2) is 8.42 Å². The molecule has 1 aliphatic rings. The number of nitrogens with zero attached hydrogens (tertiary/aromatic N) is 1. The van der Waals surface area contributed by atoms with Crippen LogP contribution >= 0.6 is 23.2 Å². The number of fused-ring (bicyclic) bond motifs is 1. The molecule has 0 saturated heterocycles. The number of nitrogens with one attached hydrogen (secondary N) is 1. The zero-order valence-electron chi connectivity index (χ0n) is 17.8. The summed E-state index contributed by atoms with van der Waals surface area (Å²) in [6, 6.07) is 11.0. The van der Waals surface area contributed by atoms with Gasteiger partial charge in [0.1, 0.15) is 0 Å². The van der Waals surface area contributed by atoms with Crippen LogP contribution in [0.15, 0.2) is 36.4 Å². The van der Waals surface area contributed by atoms with E-state index in [2.05, 4.69) is 23.5 Å². The highest BCUT2D eigenvalue weighted by atomic mass is 35.5. The molecule has 0 saturated carbocycles. The number of hydrogen-bond acceptors (Lipinski definition) is 3. The molecule has 2 aromatic rings. The van der Waals surface area contributed by atoms with Crippen molar-refractivity contribution >= 4 is 44.8 Å². The lowest BCUT2D eigenvalue weighted by atomic mass is 9.89. The van der Waals surface area contributed by atoms with Crippen LogP contribution in [0, 0.1) is 0 Å². The first-order valence-corrected chi connectivity index (χ1v) is 13.1. The number of aryl methyl sites for hydroxylation is 2. The maximum Gasteiger partial charge on any atom is 0.232 e. The lowest BCUT2D eigenvalue weighted by Crippen LogP contribution is -2.32. The van der Waals surface area contributed by atoms with E-state index >= 15 is 0 Å². The summed E-state index contributed by atoms with van der Waals surface area (Å²) in [5, 5.41) is 3.71. The summed E-state index contributed by atoms with van der Waals surface area (Å²) in [6.07, 6.45) is 6.36. The van der Waals surface area contributed by atoms with Crippen LogP contribution in [0.3, 0.4) is 0 Å². The third-order valence-corrected chi connectivity index (χ3v) is 7.33. The Kier molecular flexibility index (Phi) is 7.89. The van der Waals surface area contributed by atoms with Crippen molar-refractivity contribution in [2.24, 2.45) is 0 Å². The summed E-state index contributed by atoms with van der Waals surface area (Å²) in [5.74, 6) is -0.115. The second-order valence-electron chi connectivity index (χ2n) is 8.06. The van der Waals surface area contributed by atoms with Gasteiger partial charge in [0, 0.05) is 18.0 Å².